The van der Waals surface area contributed by atoms with Crippen LogP contribution in [0.25, 0.3) is 0 Å². The van der Waals surface area contributed by atoms with Crippen molar-refractivity contribution in [2.75, 3.05) is 5.75 Å². The van der Waals surface area contributed by atoms with E-state index >= 15 is 0 Å². The molecule has 132 valence electrons. The second-order valence-corrected chi connectivity index (χ2v) is 8.10. The summed E-state index contributed by atoms with van der Waals surface area (Å²) in [5, 5.41) is 10.6. The molecule has 1 aromatic carbocycles. The van der Waals surface area contributed by atoms with Gasteiger partial charge in [0.25, 0.3) is 11.1 Å². The Labute approximate surface area is 150 Å². The Kier molecular flexibility index (Phi) is 4.94. The maximum absolute atomic E-state index is 12.1. The lowest BCUT2D eigenvalue weighted by Gasteiger charge is -2.18. The van der Waals surface area contributed by atoms with Crippen LogP contribution in [0.2, 0.25) is 0 Å². The van der Waals surface area contributed by atoms with Gasteiger partial charge >= 0.3 is 0 Å². The van der Waals surface area contributed by atoms with Crippen LogP contribution in [0.15, 0.2) is 33.9 Å². The first kappa shape index (κ1) is 17.7. The molecule has 25 heavy (non-hydrogen) atoms. The zero-order chi connectivity index (χ0) is 18.0. The van der Waals surface area contributed by atoms with E-state index in [9.17, 15) is 9.59 Å². The van der Waals surface area contributed by atoms with Crippen LogP contribution in [-0.4, -0.2) is 27.8 Å². The fourth-order valence-electron chi connectivity index (χ4n) is 2.26. The highest BCUT2D eigenvalue weighted by Gasteiger charge is 2.29. The summed E-state index contributed by atoms with van der Waals surface area (Å²) in [6.45, 7) is 6.32. The van der Waals surface area contributed by atoms with E-state index in [1.807, 2.05) is 12.1 Å². The van der Waals surface area contributed by atoms with Gasteiger partial charge in [0.05, 0.1) is 5.75 Å². The minimum atomic E-state index is -0.407. The normalized spacial score (nSPS) is 14.4. The lowest BCUT2D eigenvalue weighted by Crippen LogP contribution is -2.31. The number of hydrogen-bond acceptors (Lipinski definition) is 6. The highest BCUT2D eigenvalue weighted by atomic mass is 32.2. The average Bonchev–Trinajstić information content (AvgIpc) is 3.31. The van der Waals surface area contributed by atoms with E-state index in [2.05, 4.69) is 36.3 Å². The lowest BCUT2D eigenvalue weighted by molar-refractivity contribution is -0.117. The summed E-state index contributed by atoms with van der Waals surface area (Å²) in [6.07, 6.45) is 2.16. The minimum Gasteiger partial charge on any atom is -0.416 e. The van der Waals surface area contributed by atoms with Crippen LogP contribution < -0.4 is 5.32 Å². The number of rotatable bonds is 5. The van der Waals surface area contributed by atoms with E-state index < -0.39 is 5.91 Å². The number of aromatic nitrogens is 2. The SMILES string of the molecule is CC(C)(C)c1ccc(C(=O)NC(=O)CSc2nnc(C3CC3)o2)cc1. The van der Waals surface area contributed by atoms with Gasteiger partial charge in [0, 0.05) is 11.5 Å². The van der Waals surface area contributed by atoms with E-state index in [4.69, 9.17) is 4.42 Å². The summed E-state index contributed by atoms with van der Waals surface area (Å²) in [7, 11) is 0. The van der Waals surface area contributed by atoms with Gasteiger partial charge in [0.1, 0.15) is 0 Å². The number of amides is 2. The first-order valence-electron chi connectivity index (χ1n) is 8.24. The monoisotopic (exact) mass is 359 g/mol. The van der Waals surface area contributed by atoms with Crippen molar-refractivity contribution in [2.24, 2.45) is 0 Å². The number of nitrogens with one attached hydrogen (secondary N) is 1. The van der Waals surface area contributed by atoms with E-state index in [0.29, 0.717) is 22.6 Å². The Morgan fingerprint density at radius 3 is 2.48 bits per heavy atom. The second kappa shape index (κ2) is 7.00. The molecule has 1 aliphatic carbocycles. The first-order chi connectivity index (χ1) is 11.8. The van der Waals surface area contributed by atoms with Gasteiger partial charge in [-0.15, -0.1) is 10.2 Å². The molecule has 1 heterocycles. The van der Waals surface area contributed by atoms with Crippen LogP contribution in [0, 0.1) is 0 Å². The molecule has 0 atom stereocenters. The number of thioether (sulfide) groups is 1. The molecule has 1 saturated carbocycles. The van der Waals surface area contributed by atoms with Crippen LogP contribution in [0.4, 0.5) is 0 Å². The number of imide groups is 1. The minimum absolute atomic E-state index is 0.0187. The molecule has 2 aromatic rings. The molecular weight excluding hydrogens is 338 g/mol. The summed E-state index contributed by atoms with van der Waals surface area (Å²) in [5.41, 5.74) is 1.61. The predicted molar refractivity (Wildman–Crippen MR) is 94.6 cm³/mol. The third-order valence-electron chi connectivity index (χ3n) is 3.94. The van der Waals surface area contributed by atoms with Crippen molar-refractivity contribution in [1.29, 1.82) is 0 Å². The van der Waals surface area contributed by atoms with Gasteiger partial charge in [-0.25, -0.2) is 0 Å². The molecule has 1 fully saturated rings. The van der Waals surface area contributed by atoms with Gasteiger partial charge in [-0.3, -0.25) is 14.9 Å². The summed E-state index contributed by atoms with van der Waals surface area (Å²) in [4.78, 5) is 24.1. The van der Waals surface area contributed by atoms with Crippen molar-refractivity contribution in [3.05, 3.63) is 41.3 Å². The smallest absolute Gasteiger partial charge is 0.277 e. The molecule has 2 amide bonds. The van der Waals surface area contributed by atoms with Gasteiger partial charge in [-0.05, 0) is 36.0 Å². The second-order valence-electron chi connectivity index (χ2n) is 7.17. The maximum Gasteiger partial charge on any atom is 0.277 e. The number of nitrogens with zero attached hydrogens (tertiary/aromatic N) is 2. The lowest BCUT2D eigenvalue weighted by atomic mass is 9.87. The molecular formula is C18H21N3O3S. The van der Waals surface area contributed by atoms with Gasteiger partial charge < -0.3 is 4.42 Å². The van der Waals surface area contributed by atoms with Crippen molar-refractivity contribution in [2.45, 2.75) is 50.2 Å². The third-order valence-corrected chi connectivity index (χ3v) is 4.76. The molecule has 1 aromatic heterocycles. The Balaban J connectivity index is 1.50. The highest BCUT2D eigenvalue weighted by Crippen LogP contribution is 2.39. The first-order valence-corrected chi connectivity index (χ1v) is 9.22. The summed E-state index contributed by atoms with van der Waals surface area (Å²) in [6, 6.07) is 7.28. The van der Waals surface area contributed by atoms with Gasteiger partial charge in [0.15, 0.2) is 0 Å². The highest BCUT2D eigenvalue weighted by molar-refractivity contribution is 7.99. The predicted octanol–water partition coefficient (Wildman–Crippen LogP) is 3.29. The van der Waals surface area contributed by atoms with E-state index in [0.717, 1.165) is 30.2 Å². The molecule has 0 bridgehead atoms. The van der Waals surface area contributed by atoms with Gasteiger partial charge in [-0.1, -0.05) is 44.7 Å². The van der Waals surface area contributed by atoms with Crippen LogP contribution in [0.3, 0.4) is 0 Å². The average molecular weight is 359 g/mol. The van der Waals surface area contributed by atoms with Crippen molar-refractivity contribution >= 4 is 23.6 Å². The molecule has 0 radical (unpaired) electrons. The standard InChI is InChI=1S/C18H21N3O3S/c1-18(2,3)13-8-6-11(7-9-13)15(23)19-14(22)10-25-17-21-20-16(24-17)12-4-5-12/h6-9,12H,4-5,10H2,1-3H3,(H,19,22,23). The number of benzene rings is 1. The van der Waals surface area contributed by atoms with Crippen molar-refractivity contribution < 1.29 is 14.0 Å². The zero-order valence-corrected chi connectivity index (χ0v) is 15.4. The van der Waals surface area contributed by atoms with Crippen LogP contribution in [0.5, 0.6) is 0 Å². The number of carbonyl (C=O) groups is 2. The molecule has 6 nitrogen and oxygen atoms in total. The Morgan fingerprint density at radius 2 is 1.88 bits per heavy atom. The van der Waals surface area contributed by atoms with E-state index in [1.165, 1.54) is 0 Å². The van der Waals surface area contributed by atoms with Crippen LogP contribution >= 0.6 is 11.8 Å². The van der Waals surface area contributed by atoms with Crippen molar-refractivity contribution in [3.8, 4) is 0 Å². The Morgan fingerprint density at radius 1 is 1.20 bits per heavy atom. The van der Waals surface area contributed by atoms with Crippen molar-refractivity contribution in [3.63, 3.8) is 0 Å². The maximum atomic E-state index is 12.1. The van der Waals surface area contributed by atoms with Crippen molar-refractivity contribution in [1.82, 2.24) is 15.5 Å². The van der Waals surface area contributed by atoms with Crippen LogP contribution in [0.1, 0.15) is 61.3 Å². The van der Waals surface area contributed by atoms with Gasteiger partial charge in [0.2, 0.25) is 11.8 Å². The Hall–Kier alpha value is -2.15. The quantitative estimate of drug-likeness (QED) is 0.825. The largest absolute Gasteiger partial charge is 0.416 e. The Bertz CT molecular complexity index is 774. The molecule has 0 spiro atoms. The van der Waals surface area contributed by atoms with Gasteiger partial charge in [-0.2, -0.15) is 0 Å². The number of carbonyl (C=O) groups excluding carboxylic acids is 2. The number of hydrogen-bond donors (Lipinski definition) is 1. The topological polar surface area (TPSA) is 85.1 Å². The fourth-order valence-corrected chi connectivity index (χ4v) is 2.83. The zero-order valence-electron chi connectivity index (χ0n) is 14.5. The summed E-state index contributed by atoms with van der Waals surface area (Å²) in [5.74, 6) is 0.278. The van der Waals surface area contributed by atoms with E-state index in [-0.39, 0.29) is 17.1 Å². The van der Waals surface area contributed by atoms with Crippen LogP contribution in [-0.2, 0) is 10.2 Å². The summed E-state index contributed by atoms with van der Waals surface area (Å²) < 4.78 is 5.47. The fraction of sp³-hybridized carbons (Fsp3) is 0.444. The van der Waals surface area contributed by atoms with E-state index in [1.54, 1.807) is 12.1 Å². The molecule has 0 saturated heterocycles. The molecule has 0 unspecified atom stereocenters. The molecule has 0 aliphatic heterocycles. The molecule has 1 aliphatic rings. The third kappa shape index (κ3) is 4.69. The molecule has 1 N–H and O–H groups in total. The molecule has 3 rings (SSSR count). The molecule has 7 heteroatoms. The summed E-state index contributed by atoms with van der Waals surface area (Å²) >= 11 is 1.13.